The van der Waals surface area contributed by atoms with Gasteiger partial charge in [-0.3, -0.25) is 4.98 Å². The van der Waals surface area contributed by atoms with Crippen LogP contribution in [0.3, 0.4) is 0 Å². The Morgan fingerprint density at radius 2 is 1.68 bits per heavy atom. The molecule has 1 fully saturated rings. The monoisotopic (exact) mass is 683 g/mol. The highest BCUT2D eigenvalue weighted by atomic mass is 19.1. The van der Waals surface area contributed by atoms with Crippen molar-refractivity contribution in [1.82, 2.24) is 4.98 Å². The highest BCUT2D eigenvalue weighted by Gasteiger charge is 2.37. The molecule has 2 N–H and O–H groups in total. The van der Waals surface area contributed by atoms with Gasteiger partial charge in [-0.15, -0.1) is 0 Å². The maximum absolute atomic E-state index is 13.3. The van der Waals surface area contributed by atoms with Gasteiger partial charge >= 0.3 is 5.97 Å². The summed E-state index contributed by atoms with van der Waals surface area (Å²) in [6.45, 7) is 14.4. The van der Waals surface area contributed by atoms with E-state index in [-0.39, 0.29) is 11.2 Å². The van der Waals surface area contributed by atoms with Crippen LogP contribution in [0.1, 0.15) is 76.1 Å². The van der Waals surface area contributed by atoms with Gasteiger partial charge in [-0.2, -0.15) is 0 Å². The van der Waals surface area contributed by atoms with Gasteiger partial charge in [-0.1, -0.05) is 50.2 Å². The number of hydrogen-bond acceptors (Lipinski definition) is 7. The van der Waals surface area contributed by atoms with Crippen molar-refractivity contribution in [2.24, 2.45) is 5.41 Å². The second-order valence-corrected chi connectivity index (χ2v) is 14.7. The molecule has 0 radical (unpaired) electrons. The summed E-state index contributed by atoms with van der Waals surface area (Å²) in [7, 11) is 1.64. The highest BCUT2D eigenvalue weighted by molar-refractivity contribution is 5.88. The first kappa shape index (κ1) is 36.6. The Hall–Kier alpha value is -4.63. The topological polar surface area (TPSA) is 93.1 Å². The fourth-order valence-electron chi connectivity index (χ4n) is 6.38. The number of carbonyl (C=O) groups is 1. The van der Waals surface area contributed by atoms with Gasteiger partial charge < -0.3 is 29.5 Å². The summed E-state index contributed by atoms with van der Waals surface area (Å²) in [5, 5.41) is 14.2. The summed E-state index contributed by atoms with van der Waals surface area (Å²) in [6, 6.07) is 22.1. The molecule has 1 saturated heterocycles. The van der Waals surface area contributed by atoms with Crippen LogP contribution >= 0.6 is 0 Å². The van der Waals surface area contributed by atoms with E-state index in [2.05, 4.69) is 24.1 Å². The van der Waals surface area contributed by atoms with E-state index in [1.54, 1.807) is 19.2 Å². The first-order valence-electron chi connectivity index (χ1n) is 17.3. The number of halogens is 1. The Bertz CT molecular complexity index is 1760. The molecule has 1 aromatic heterocycles. The normalized spacial score (nSPS) is 15.0. The standard InChI is InChI=1S/C41H50FN3O5/c1-27-35(38(39(46)47)50-40(2,3)4)37(45-23-21-41(5,6)22-24-45)36(33(44-27)26-43-32-10-8-9-11-34(32)48-7)29-14-18-31(19-15-29)49-25-20-28-12-16-30(42)17-13-28/h8-19,38,43H,20-26H2,1-7H3,(H,46,47). The SMILES string of the molecule is COc1ccccc1NCc1nc(C)c(C(OC(C)(C)C)C(=O)O)c(N2CCC(C)(C)CC2)c1-c1ccc(OCCc2ccc(F)cc2)cc1. The number of nitrogens with zero attached hydrogens (tertiary/aromatic N) is 2. The summed E-state index contributed by atoms with van der Waals surface area (Å²) in [6.07, 6.45) is 1.34. The summed E-state index contributed by atoms with van der Waals surface area (Å²) >= 11 is 0. The van der Waals surface area contributed by atoms with Gasteiger partial charge in [0.25, 0.3) is 0 Å². The summed E-state index contributed by atoms with van der Waals surface area (Å²) in [5.74, 6) is 0.0982. The minimum atomic E-state index is -1.23. The van der Waals surface area contributed by atoms with Gasteiger partial charge in [-0.05, 0) is 93.5 Å². The lowest BCUT2D eigenvalue weighted by atomic mass is 9.81. The second-order valence-electron chi connectivity index (χ2n) is 14.7. The third kappa shape index (κ3) is 9.13. The maximum Gasteiger partial charge on any atom is 0.337 e. The van der Waals surface area contributed by atoms with Gasteiger partial charge in [0.05, 0.1) is 42.9 Å². The van der Waals surface area contributed by atoms with Crippen molar-refractivity contribution in [3.8, 4) is 22.6 Å². The van der Waals surface area contributed by atoms with E-state index >= 15 is 0 Å². The van der Waals surface area contributed by atoms with Crippen molar-refractivity contribution < 1.29 is 28.5 Å². The number of methoxy groups -OCH3 is 1. The number of carboxylic acids is 1. The average molecular weight is 684 g/mol. The first-order chi connectivity index (χ1) is 23.7. The number of pyridine rings is 1. The van der Waals surface area contributed by atoms with Crippen LogP contribution in [-0.2, 0) is 22.5 Å². The lowest BCUT2D eigenvalue weighted by Gasteiger charge is -2.41. The molecule has 50 heavy (non-hydrogen) atoms. The van der Waals surface area contributed by atoms with Crippen LogP contribution in [0.25, 0.3) is 11.1 Å². The molecule has 3 aromatic carbocycles. The van der Waals surface area contributed by atoms with Gasteiger partial charge in [0.2, 0.25) is 0 Å². The summed E-state index contributed by atoms with van der Waals surface area (Å²) in [4.78, 5) is 20.5. The molecule has 0 bridgehead atoms. The molecule has 8 nitrogen and oxygen atoms in total. The highest BCUT2D eigenvalue weighted by Crippen LogP contribution is 2.45. The minimum Gasteiger partial charge on any atom is -0.495 e. The van der Waals surface area contributed by atoms with Crippen molar-refractivity contribution in [1.29, 1.82) is 0 Å². The predicted molar refractivity (Wildman–Crippen MR) is 197 cm³/mol. The average Bonchev–Trinajstić information content (AvgIpc) is 3.07. The smallest absolute Gasteiger partial charge is 0.337 e. The number of ether oxygens (including phenoxy) is 3. The van der Waals surface area contributed by atoms with Crippen molar-refractivity contribution in [3.63, 3.8) is 0 Å². The zero-order chi connectivity index (χ0) is 36.1. The number of hydrogen-bond donors (Lipinski definition) is 2. The molecule has 5 rings (SSSR count). The molecule has 266 valence electrons. The van der Waals surface area contributed by atoms with Crippen molar-refractivity contribution in [2.45, 2.75) is 79.1 Å². The van der Waals surface area contributed by atoms with Crippen LogP contribution in [0.4, 0.5) is 15.8 Å². The van der Waals surface area contributed by atoms with Crippen LogP contribution in [0.2, 0.25) is 0 Å². The Labute approximate surface area is 295 Å². The number of carboxylic acid groups (broad SMARTS) is 1. The molecule has 2 heterocycles. The summed E-state index contributed by atoms with van der Waals surface area (Å²) < 4.78 is 31.3. The van der Waals surface area contributed by atoms with E-state index in [4.69, 9.17) is 19.2 Å². The fraction of sp³-hybridized carbons (Fsp3) is 0.415. The number of aromatic nitrogens is 1. The molecule has 0 spiro atoms. The molecule has 1 aliphatic heterocycles. The number of nitrogens with one attached hydrogen (secondary N) is 1. The van der Waals surface area contributed by atoms with E-state index in [0.29, 0.717) is 42.3 Å². The van der Waals surface area contributed by atoms with Gasteiger partial charge in [0.15, 0.2) is 6.10 Å². The van der Waals surface area contributed by atoms with E-state index in [0.717, 1.165) is 59.7 Å². The molecule has 0 aliphatic carbocycles. The van der Waals surface area contributed by atoms with Crippen molar-refractivity contribution in [2.75, 3.05) is 37.0 Å². The molecule has 1 aliphatic rings. The van der Waals surface area contributed by atoms with Crippen LogP contribution in [0.15, 0.2) is 72.8 Å². The van der Waals surface area contributed by atoms with Gasteiger partial charge in [0, 0.05) is 36.3 Å². The Morgan fingerprint density at radius 3 is 2.30 bits per heavy atom. The summed E-state index contributed by atoms with van der Waals surface area (Å²) in [5.41, 5.74) is 5.83. The van der Waals surface area contributed by atoms with Crippen molar-refractivity contribution >= 4 is 17.3 Å². The van der Waals surface area contributed by atoms with Gasteiger partial charge in [0.1, 0.15) is 17.3 Å². The molecule has 1 unspecified atom stereocenters. The molecule has 0 saturated carbocycles. The number of benzene rings is 3. The molecule has 9 heteroatoms. The third-order valence-corrected chi connectivity index (χ3v) is 9.13. The lowest BCUT2D eigenvalue weighted by molar-refractivity contribution is -0.160. The maximum atomic E-state index is 13.3. The number of rotatable bonds is 13. The molecular formula is C41H50FN3O5. The van der Waals surface area contributed by atoms with E-state index in [1.807, 2.05) is 76.2 Å². The molecule has 0 amide bonds. The van der Waals surface area contributed by atoms with Crippen LogP contribution in [-0.4, -0.2) is 48.5 Å². The van der Waals surface area contributed by atoms with E-state index in [1.165, 1.54) is 12.1 Å². The quantitative estimate of drug-likeness (QED) is 0.144. The first-order valence-corrected chi connectivity index (χ1v) is 17.3. The second kappa shape index (κ2) is 15.5. The molecule has 4 aromatic rings. The lowest BCUT2D eigenvalue weighted by Crippen LogP contribution is -2.39. The zero-order valence-electron chi connectivity index (χ0n) is 30.3. The number of para-hydroxylation sites is 2. The Morgan fingerprint density at radius 1 is 1.02 bits per heavy atom. The Balaban J connectivity index is 1.61. The van der Waals surface area contributed by atoms with Crippen LogP contribution in [0, 0.1) is 18.2 Å². The Kier molecular flexibility index (Phi) is 11.4. The predicted octanol–water partition coefficient (Wildman–Crippen LogP) is 9.01. The van der Waals surface area contributed by atoms with Crippen LogP contribution < -0.4 is 19.7 Å². The molecular weight excluding hydrogens is 633 g/mol. The van der Waals surface area contributed by atoms with Crippen LogP contribution in [0.5, 0.6) is 11.5 Å². The van der Waals surface area contributed by atoms with Crippen molar-refractivity contribution in [3.05, 3.63) is 101 Å². The van der Waals surface area contributed by atoms with E-state index in [9.17, 15) is 14.3 Å². The molecule has 1 atom stereocenters. The zero-order valence-corrected chi connectivity index (χ0v) is 30.3. The largest absolute Gasteiger partial charge is 0.495 e. The number of aliphatic carboxylic acids is 1. The number of anilines is 2. The number of piperidine rings is 1. The van der Waals surface area contributed by atoms with Gasteiger partial charge in [-0.25, -0.2) is 9.18 Å². The fourth-order valence-corrected chi connectivity index (χ4v) is 6.38. The number of aryl methyl sites for hydroxylation is 1. The minimum absolute atomic E-state index is 0.175. The van der Waals surface area contributed by atoms with E-state index < -0.39 is 17.7 Å². The third-order valence-electron chi connectivity index (χ3n) is 9.13.